The van der Waals surface area contributed by atoms with Gasteiger partial charge >= 0.3 is 5.97 Å². The summed E-state index contributed by atoms with van der Waals surface area (Å²) >= 11 is 1.62. The lowest BCUT2D eigenvalue weighted by molar-refractivity contribution is -0.150. The topological polar surface area (TPSA) is 139 Å². The number of piperidine rings is 1. The molecule has 1 saturated heterocycles. The fraction of sp³-hybridized carbons (Fsp3) is 0.500. The first-order valence-corrected chi connectivity index (χ1v) is 10.8. The Labute approximate surface area is 183 Å². The summed E-state index contributed by atoms with van der Waals surface area (Å²) in [7, 11) is 0. The quantitative estimate of drug-likeness (QED) is 0.442. The van der Waals surface area contributed by atoms with Crippen molar-refractivity contribution < 1.29 is 33.4 Å². The summed E-state index contributed by atoms with van der Waals surface area (Å²) in [6.45, 7) is -0.671. The first-order chi connectivity index (χ1) is 14.8. The molecule has 1 fully saturated rings. The number of nitrogens with zero attached hydrogens (tertiary/aromatic N) is 1. The molecule has 0 spiro atoms. The van der Waals surface area contributed by atoms with Crippen LogP contribution in [0.2, 0.25) is 0 Å². The van der Waals surface area contributed by atoms with E-state index in [0.29, 0.717) is 25.1 Å². The van der Waals surface area contributed by atoms with E-state index in [1.54, 1.807) is 23.9 Å². The largest absolute Gasteiger partial charge is 0.480 e. The molecule has 3 amide bonds. The van der Waals surface area contributed by atoms with Crippen molar-refractivity contribution in [3.8, 4) is 0 Å². The number of benzene rings is 1. The van der Waals surface area contributed by atoms with Gasteiger partial charge in [-0.15, -0.1) is 0 Å². The maximum absolute atomic E-state index is 13.1. The minimum atomic E-state index is -1.19. The first kappa shape index (κ1) is 24.6. The van der Waals surface area contributed by atoms with Gasteiger partial charge in [0.1, 0.15) is 25.1 Å². The third kappa shape index (κ3) is 8.54. The fourth-order valence-electron chi connectivity index (χ4n) is 3.16. The number of carboxylic acids is 1. The van der Waals surface area contributed by atoms with Gasteiger partial charge in [-0.1, -0.05) is 12.1 Å². The van der Waals surface area contributed by atoms with Crippen LogP contribution in [-0.2, 0) is 29.7 Å². The van der Waals surface area contributed by atoms with E-state index in [-0.39, 0.29) is 24.0 Å². The third-order valence-corrected chi connectivity index (χ3v) is 6.10. The number of likely N-dealkylation sites (tertiary alicyclic amines) is 1. The Morgan fingerprint density at radius 2 is 1.94 bits per heavy atom. The molecular formula is C20H26FN3O6S. The van der Waals surface area contributed by atoms with Crippen LogP contribution in [0.1, 0.15) is 24.8 Å². The molecule has 1 heterocycles. The highest BCUT2D eigenvalue weighted by Crippen LogP contribution is 2.30. The lowest BCUT2D eigenvalue weighted by Gasteiger charge is -2.38. The van der Waals surface area contributed by atoms with Crippen LogP contribution in [0.25, 0.3) is 0 Å². The van der Waals surface area contributed by atoms with Crippen molar-refractivity contribution in [2.45, 2.75) is 36.3 Å². The van der Waals surface area contributed by atoms with Gasteiger partial charge in [0, 0.05) is 30.5 Å². The fourth-order valence-corrected chi connectivity index (χ4v) is 4.37. The predicted molar refractivity (Wildman–Crippen MR) is 111 cm³/mol. The van der Waals surface area contributed by atoms with Crippen LogP contribution in [0.15, 0.2) is 24.3 Å². The summed E-state index contributed by atoms with van der Waals surface area (Å²) in [5.41, 5.74) is 6.05. The van der Waals surface area contributed by atoms with Gasteiger partial charge < -0.3 is 25.8 Å². The van der Waals surface area contributed by atoms with E-state index in [1.165, 1.54) is 17.0 Å². The van der Waals surface area contributed by atoms with E-state index in [0.717, 1.165) is 5.56 Å². The monoisotopic (exact) mass is 455 g/mol. The number of carbonyl (C=O) groups is 4. The minimum absolute atomic E-state index is 0.0170. The van der Waals surface area contributed by atoms with E-state index < -0.39 is 42.9 Å². The zero-order chi connectivity index (χ0) is 22.8. The molecule has 1 aromatic rings. The van der Waals surface area contributed by atoms with Gasteiger partial charge in [0.2, 0.25) is 17.7 Å². The Kier molecular flexibility index (Phi) is 9.73. The van der Waals surface area contributed by atoms with Crippen molar-refractivity contribution in [3.63, 3.8) is 0 Å². The van der Waals surface area contributed by atoms with Crippen molar-refractivity contribution in [2.24, 2.45) is 5.73 Å². The van der Waals surface area contributed by atoms with Gasteiger partial charge in [-0.25, -0.2) is 9.18 Å². The number of nitrogens with two attached hydrogens (primary N) is 1. The second-order valence-corrected chi connectivity index (χ2v) is 8.37. The Bertz CT molecular complexity index is 792. The van der Waals surface area contributed by atoms with Gasteiger partial charge in [0.05, 0.1) is 0 Å². The van der Waals surface area contributed by atoms with E-state index in [2.05, 4.69) is 5.32 Å². The Morgan fingerprint density at radius 3 is 2.58 bits per heavy atom. The predicted octanol–water partition coefficient (Wildman–Crippen LogP) is 0.511. The van der Waals surface area contributed by atoms with Crippen LogP contribution in [0, 0.1) is 5.82 Å². The molecule has 0 radical (unpaired) electrons. The SMILES string of the molecule is NC(=O)CCNC(=O)[C@@H]1C[C@@H](SCc2ccc(F)cc2)CCN1C(=O)COCC(=O)O. The van der Waals surface area contributed by atoms with Gasteiger partial charge in [0.25, 0.3) is 0 Å². The highest BCUT2D eigenvalue weighted by Gasteiger charge is 2.36. The van der Waals surface area contributed by atoms with E-state index in [4.69, 9.17) is 15.6 Å². The number of carboxylic acid groups (broad SMARTS) is 1. The number of thioether (sulfide) groups is 1. The number of ether oxygens (including phenoxy) is 1. The van der Waals surface area contributed by atoms with E-state index in [9.17, 15) is 23.6 Å². The maximum atomic E-state index is 13.1. The van der Waals surface area contributed by atoms with Gasteiger partial charge in [-0.05, 0) is 30.5 Å². The Hall–Kier alpha value is -2.66. The Balaban J connectivity index is 1.98. The van der Waals surface area contributed by atoms with Crippen LogP contribution in [-0.4, -0.2) is 71.3 Å². The number of nitrogens with one attached hydrogen (secondary N) is 1. The molecule has 1 aromatic carbocycles. The highest BCUT2D eigenvalue weighted by atomic mass is 32.2. The summed E-state index contributed by atoms with van der Waals surface area (Å²) in [5.74, 6) is -2.29. The summed E-state index contributed by atoms with van der Waals surface area (Å²) in [4.78, 5) is 48.1. The number of halogens is 1. The van der Waals surface area contributed by atoms with Crippen molar-refractivity contribution in [2.75, 3.05) is 26.3 Å². The standard InChI is InChI=1S/C20H26FN3O6S/c21-14-3-1-13(2-4-14)12-31-15-6-8-24(18(26)10-30-11-19(27)28)16(9-15)20(29)23-7-5-17(22)25/h1-4,15-16H,5-12H2,(H2,22,25)(H,23,29)(H,27,28)/t15-,16-/m0/s1. The zero-order valence-electron chi connectivity index (χ0n) is 16.9. The number of carbonyl (C=O) groups excluding carboxylic acids is 3. The molecule has 170 valence electrons. The molecular weight excluding hydrogens is 429 g/mol. The van der Waals surface area contributed by atoms with Crippen LogP contribution in [0.4, 0.5) is 4.39 Å². The summed E-state index contributed by atoms with van der Waals surface area (Å²) < 4.78 is 17.9. The molecule has 11 heteroatoms. The first-order valence-electron chi connectivity index (χ1n) is 9.77. The molecule has 0 bridgehead atoms. The highest BCUT2D eigenvalue weighted by molar-refractivity contribution is 7.99. The molecule has 1 aliphatic heterocycles. The van der Waals surface area contributed by atoms with Gasteiger partial charge in [-0.3, -0.25) is 14.4 Å². The summed E-state index contributed by atoms with van der Waals surface area (Å²) in [5, 5.41) is 11.4. The van der Waals surface area contributed by atoms with Crippen LogP contribution in [0.3, 0.4) is 0 Å². The van der Waals surface area contributed by atoms with Gasteiger partial charge in [0.15, 0.2) is 0 Å². The molecule has 0 unspecified atom stereocenters. The van der Waals surface area contributed by atoms with Crippen LogP contribution < -0.4 is 11.1 Å². The van der Waals surface area contributed by atoms with E-state index in [1.807, 2.05) is 0 Å². The summed E-state index contributed by atoms with van der Waals surface area (Å²) in [6, 6.07) is 5.42. The molecule has 9 nitrogen and oxygen atoms in total. The smallest absolute Gasteiger partial charge is 0.329 e. The Morgan fingerprint density at radius 1 is 1.23 bits per heavy atom. The molecule has 2 atom stereocenters. The molecule has 2 rings (SSSR count). The number of rotatable bonds is 11. The van der Waals surface area contributed by atoms with Crippen molar-refractivity contribution in [1.82, 2.24) is 10.2 Å². The molecule has 0 aliphatic carbocycles. The van der Waals surface area contributed by atoms with Crippen molar-refractivity contribution in [1.29, 1.82) is 0 Å². The molecule has 0 saturated carbocycles. The van der Waals surface area contributed by atoms with E-state index >= 15 is 0 Å². The van der Waals surface area contributed by atoms with Crippen LogP contribution >= 0.6 is 11.8 Å². The second-order valence-electron chi connectivity index (χ2n) is 7.08. The average molecular weight is 456 g/mol. The number of primary amides is 1. The number of aliphatic carboxylic acids is 1. The maximum Gasteiger partial charge on any atom is 0.329 e. The second kappa shape index (κ2) is 12.3. The van der Waals surface area contributed by atoms with Crippen molar-refractivity contribution >= 4 is 35.5 Å². The van der Waals surface area contributed by atoms with Gasteiger partial charge in [-0.2, -0.15) is 11.8 Å². The summed E-state index contributed by atoms with van der Waals surface area (Å²) in [6.07, 6.45) is 1.01. The lowest BCUT2D eigenvalue weighted by atomic mass is 10.0. The number of hydrogen-bond acceptors (Lipinski definition) is 6. The average Bonchev–Trinajstić information content (AvgIpc) is 2.72. The lowest BCUT2D eigenvalue weighted by Crippen LogP contribution is -2.55. The molecule has 31 heavy (non-hydrogen) atoms. The van der Waals surface area contributed by atoms with Crippen LogP contribution in [0.5, 0.6) is 0 Å². The number of hydrogen-bond donors (Lipinski definition) is 3. The number of amides is 3. The minimum Gasteiger partial charge on any atom is -0.480 e. The molecule has 0 aromatic heterocycles. The van der Waals surface area contributed by atoms with Crippen molar-refractivity contribution in [3.05, 3.63) is 35.6 Å². The normalized spacial score (nSPS) is 18.4. The third-order valence-electron chi connectivity index (χ3n) is 4.70. The zero-order valence-corrected chi connectivity index (χ0v) is 17.7. The molecule has 4 N–H and O–H groups in total. The molecule has 1 aliphatic rings.